The van der Waals surface area contributed by atoms with Crippen LogP contribution in [0.3, 0.4) is 0 Å². The van der Waals surface area contributed by atoms with Gasteiger partial charge in [-0.25, -0.2) is 0 Å². The number of nitrogens with two attached hydrogens (primary N) is 1. The van der Waals surface area contributed by atoms with Gasteiger partial charge in [0.1, 0.15) is 5.78 Å². The molecule has 3 fully saturated rings. The number of allylic oxidation sites excluding steroid dienone is 1. The van der Waals surface area contributed by atoms with Gasteiger partial charge in [0.05, 0.1) is 6.10 Å². The lowest BCUT2D eigenvalue weighted by Crippen LogP contribution is -2.53. The fourth-order valence-corrected chi connectivity index (χ4v) is 7.39. The van der Waals surface area contributed by atoms with Crippen LogP contribution in [0, 0.1) is 34.5 Å². The summed E-state index contributed by atoms with van der Waals surface area (Å²) in [7, 11) is 0. The highest BCUT2D eigenvalue weighted by Crippen LogP contribution is 2.66. The Labute approximate surface area is 146 Å². The predicted octanol–water partition coefficient (Wildman–Crippen LogP) is 3.45. The molecule has 0 saturated heterocycles. The van der Waals surface area contributed by atoms with E-state index in [1.807, 2.05) is 0 Å². The minimum atomic E-state index is -0.305. The molecule has 3 heteroatoms. The Kier molecular flexibility index (Phi) is 3.78. The second-order valence-electron chi connectivity index (χ2n) is 9.69. The molecule has 0 aromatic carbocycles. The standard InChI is InChI=1S/C21H33NO2/c1-12(23)17-11-18(24)19-15-5-4-13-10-14(22)6-8-20(13,2)16(15)7-9-21(17,19)3/h4,14-19,24H,5-11,22H2,1-3H3/t14-,15-,16+,17?,18+,19-,20+,21-/m1/s1. The summed E-state index contributed by atoms with van der Waals surface area (Å²) >= 11 is 0. The van der Waals surface area contributed by atoms with Crippen molar-refractivity contribution >= 4 is 5.78 Å². The lowest BCUT2D eigenvalue weighted by molar-refractivity contribution is -0.127. The first-order valence-corrected chi connectivity index (χ1v) is 9.91. The molecule has 0 spiro atoms. The normalized spacial score (nSPS) is 53.6. The number of fused-ring (bicyclic) bond motifs is 5. The summed E-state index contributed by atoms with van der Waals surface area (Å²) in [5, 5.41) is 10.9. The number of carbonyl (C=O) groups is 1. The molecule has 4 aliphatic carbocycles. The van der Waals surface area contributed by atoms with Gasteiger partial charge >= 0.3 is 0 Å². The molecule has 0 aliphatic heterocycles. The number of Topliss-reactive ketones (excluding diaryl/α,β-unsaturated/α-hetero) is 1. The molecule has 4 aliphatic rings. The average molecular weight is 332 g/mol. The minimum absolute atomic E-state index is 0.000804. The Hall–Kier alpha value is -0.670. The van der Waals surface area contributed by atoms with Gasteiger partial charge in [0, 0.05) is 12.0 Å². The monoisotopic (exact) mass is 331 g/mol. The molecular formula is C21H33NO2. The van der Waals surface area contributed by atoms with Crippen LogP contribution < -0.4 is 5.73 Å². The summed E-state index contributed by atoms with van der Waals surface area (Å²) in [5.41, 5.74) is 8.09. The van der Waals surface area contributed by atoms with Crippen LogP contribution in [0.1, 0.15) is 65.7 Å². The number of ketones is 1. The largest absolute Gasteiger partial charge is 0.393 e. The Balaban J connectivity index is 1.70. The van der Waals surface area contributed by atoms with E-state index in [1.54, 1.807) is 12.5 Å². The van der Waals surface area contributed by atoms with Crippen molar-refractivity contribution in [1.29, 1.82) is 0 Å². The van der Waals surface area contributed by atoms with Crippen molar-refractivity contribution in [3.8, 4) is 0 Å². The zero-order chi connectivity index (χ0) is 17.3. The summed E-state index contributed by atoms with van der Waals surface area (Å²) < 4.78 is 0. The fraction of sp³-hybridized carbons (Fsp3) is 0.857. The van der Waals surface area contributed by atoms with Crippen LogP contribution >= 0.6 is 0 Å². The third-order valence-corrected chi connectivity index (χ3v) is 8.62. The van der Waals surface area contributed by atoms with Crippen LogP contribution in [-0.2, 0) is 4.79 Å². The first kappa shape index (κ1) is 16.8. The molecule has 24 heavy (non-hydrogen) atoms. The van der Waals surface area contributed by atoms with Crippen molar-refractivity contribution in [2.75, 3.05) is 0 Å². The SMILES string of the molecule is CC(=O)C1C[C@H](O)[C@H]2[C@@H]3CC=C4C[C@H](N)CC[C@]4(C)[C@H]3CC[C@]12C. The summed E-state index contributed by atoms with van der Waals surface area (Å²) in [5.74, 6) is 1.81. The molecule has 1 unspecified atom stereocenters. The Morgan fingerprint density at radius 3 is 2.75 bits per heavy atom. The highest BCUT2D eigenvalue weighted by molar-refractivity contribution is 5.79. The number of aliphatic hydroxyl groups excluding tert-OH is 1. The van der Waals surface area contributed by atoms with Gasteiger partial charge < -0.3 is 10.8 Å². The molecule has 3 nitrogen and oxygen atoms in total. The zero-order valence-electron chi connectivity index (χ0n) is 15.4. The Morgan fingerprint density at radius 1 is 1.29 bits per heavy atom. The van der Waals surface area contributed by atoms with Crippen LogP contribution in [0.25, 0.3) is 0 Å². The molecule has 3 saturated carbocycles. The maximum atomic E-state index is 12.2. The van der Waals surface area contributed by atoms with E-state index in [1.165, 1.54) is 12.8 Å². The molecule has 0 amide bonds. The van der Waals surface area contributed by atoms with Gasteiger partial charge in [0.2, 0.25) is 0 Å². The maximum absolute atomic E-state index is 12.2. The average Bonchev–Trinajstić information content (AvgIpc) is 2.80. The van der Waals surface area contributed by atoms with Crippen molar-refractivity contribution in [2.24, 2.45) is 40.2 Å². The molecule has 3 N–H and O–H groups in total. The molecule has 4 rings (SSSR count). The van der Waals surface area contributed by atoms with Gasteiger partial charge in [-0.3, -0.25) is 4.79 Å². The van der Waals surface area contributed by atoms with E-state index in [0.717, 1.165) is 25.7 Å². The first-order chi connectivity index (χ1) is 11.3. The Morgan fingerprint density at radius 2 is 2.04 bits per heavy atom. The molecule has 0 aromatic heterocycles. The summed E-state index contributed by atoms with van der Waals surface area (Å²) in [6, 6.07) is 0.328. The molecular weight excluding hydrogens is 298 g/mol. The van der Waals surface area contributed by atoms with E-state index < -0.39 is 0 Å². The van der Waals surface area contributed by atoms with Crippen molar-refractivity contribution in [1.82, 2.24) is 0 Å². The van der Waals surface area contributed by atoms with E-state index in [0.29, 0.717) is 24.3 Å². The van der Waals surface area contributed by atoms with E-state index >= 15 is 0 Å². The number of rotatable bonds is 1. The van der Waals surface area contributed by atoms with Gasteiger partial charge in [-0.05, 0) is 80.5 Å². The topological polar surface area (TPSA) is 63.3 Å². The van der Waals surface area contributed by atoms with Gasteiger partial charge in [-0.2, -0.15) is 0 Å². The van der Waals surface area contributed by atoms with E-state index in [9.17, 15) is 9.90 Å². The molecule has 8 atom stereocenters. The van der Waals surface area contributed by atoms with Gasteiger partial charge in [0.15, 0.2) is 0 Å². The lowest BCUT2D eigenvalue weighted by Gasteiger charge is -2.58. The van der Waals surface area contributed by atoms with E-state index in [-0.39, 0.29) is 34.6 Å². The van der Waals surface area contributed by atoms with Crippen LogP contribution in [0.5, 0.6) is 0 Å². The number of aliphatic hydroxyl groups is 1. The first-order valence-electron chi connectivity index (χ1n) is 9.91. The summed E-state index contributed by atoms with van der Waals surface area (Å²) in [6.45, 7) is 6.46. The van der Waals surface area contributed by atoms with Crippen LogP contribution in [0.2, 0.25) is 0 Å². The van der Waals surface area contributed by atoms with Gasteiger partial charge in [0.25, 0.3) is 0 Å². The quantitative estimate of drug-likeness (QED) is 0.723. The molecule has 0 radical (unpaired) electrons. The van der Waals surface area contributed by atoms with Gasteiger partial charge in [-0.1, -0.05) is 25.5 Å². The lowest BCUT2D eigenvalue weighted by atomic mass is 9.47. The summed E-state index contributed by atoms with van der Waals surface area (Å²) in [6.07, 6.45) is 9.57. The molecule has 134 valence electrons. The smallest absolute Gasteiger partial charge is 0.133 e. The van der Waals surface area contributed by atoms with E-state index in [4.69, 9.17) is 5.73 Å². The Bertz CT molecular complexity index is 584. The number of carbonyl (C=O) groups excluding carboxylic acids is 1. The van der Waals surface area contributed by atoms with Crippen molar-refractivity contribution in [3.05, 3.63) is 11.6 Å². The number of hydrogen-bond donors (Lipinski definition) is 2. The summed E-state index contributed by atoms with van der Waals surface area (Å²) in [4.78, 5) is 12.2. The third-order valence-electron chi connectivity index (χ3n) is 8.62. The highest BCUT2D eigenvalue weighted by atomic mass is 16.3. The second-order valence-corrected chi connectivity index (χ2v) is 9.69. The highest BCUT2D eigenvalue weighted by Gasteiger charge is 2.62. The maximum Gasteiger partial charge on any atom is 0.133 e. The molecule has 0 heterocycles. The van der Waals surface area contributed by atoms with Crippen molar-refractivity contribution in [3.63, 3.8) is 0 Å². The van der Waals surface area contributed by atoms with Crippen molar-refractivity contribution in [2.45, 2.75) is 77.9 Å². The predicted molar refractivity (Wildman–Crippen MR) is 95.2 cm³/mol. The molecule has 0 aromatic rings. The zero-order valence-corrected chi connectivity index (χ0v) is 15.4. The molecule has 0 bridgehead atoms. The third kappa shape index (κ3) is 2.13. The van der Waals surface area contributed by atoms with E-state index in [2.05, 4.69) is 19.9 Å². The minimum Gasteiger partial charge on any atom is -0.393 e. The van der Waals surface area contributed by atoms with Crippen molar-refractivity contribution < 1.29 is 9.90 Å². The number of hydrogen-bond acceptors (Lipinski definition) is 3. The fourth-order valence-electron chi connectivity index (χ4n) is 7.39. The van der Waals surface area contributed by atoms with Crippen LogP contribution in [0.4, 0.5) is 0 Å². The van der Waals surface area contributed by atoms with Crippen LogP contribution in [0.15, 0.2) is 11.6 Å². The van der Waals surface area contributed by atoms with Crippen LogP contribution in [-0.4, -0.2) is 23.0 Å². The second kappa shape index (κ2) is 5.41. The van der Waals surface area contributed by atoms with Gasteiger partial charge in [-0.15, -0.1) is 0 Å².